The van der Waals surface area contributed by atoms with E-state index in [0.29, 0.717) is 34.5 Å². The number of rotatable bonds is 8. The second kappa shape index (κ2) is 15.0. The maximum atomic E-state index is 12.6. The van der Waals surface area contributed by atoms with Crippen LogP contribution in [0.3, 0.4) is 0 Å². The van der Waals surface area contributed by atoms with Crippen LogP contribution in [0.15, 0.2) is 121 Å². The molecule has 0 spiro atoms. The van der Waals surface area contributed by atoms with Crippen molar-refractivity contribution in [3.63, 3.8) is 0 Å². The predicted molar refractivity (Wildman–Crippen MR) is 161 cm³/mol. The van der Waals surface area contributed by atoms with Crippen molar-refractivity contribution in [1.29, 1.82) is 0 Å². The molecule has 0 saturated heterocycles. The van der Waals surface area contributed by atoms with Gasteiger partial charge >= 0.3 is 59.1 Å². The number of nitrogen functional groups attached to an aromatic ring is 2. The molecule has 0 aliphatic carbocycles. The van der Waals surface area contributed by atoms with Crippen LogP contribution in [0.1, 0.15) is 0 Å². The van der Waals surface area contributed by atoms with Crippen LogP contribution in [0.4, 0.5) is 45.5 Å². The molecule has 6 N–H and O–H groups in total. The second-order valence-electron chi connectivity index (χ2n) is 9.30. The Hall–Kier alpha value is -3.42. The number of nitrogens with zero attached hydrogens (tertiary/aromatic N) is 4. The Labute approximate surface area is 307 Å². The quantitative estimate of drug-likeness (QED) is 0.0729. The topological polar surface area (TPSA) is 248 Å². The molecule has 224 valence electrons. The SMILES string of the molecule is Nc1ccc(N=Nc2ccc(Nc3ccc(N=Nc4c([O-])ccc5cc(S(=O)(=O)[O-])cc(S(=O)(=O)O)c45)cc3)cc2)c(N)c1.[Na+].[Na+]. The number of benzene rings is 5. The standard InChI is InChI=1S/C28H23N7O7S2.2Na/c29-17-2-11-24(23(30)14-17)34-32-20-7-3-18(4-8-20)31-19-5-9-21(10-6-19)33-35-28-25(36)12-1-16-13-22(43(37,38)39)15-26(27(16)28)44(40,41)42;;/h1-15,31,36H,29-30H2,(H,37,38,39)(H,40,41,42);;/q;2*+1/p-2. The number of azo groups is 2. The van der Waals surface area contributed by atoms with E-state index in [9.17, 15) is 31.0 Å². The zero-order valence-electron chi connectivity index (χ0n) is 24.3. The van der Waals surface area contributed by atoms with Gasteiger partial charge in [-0.1, -0.05) is 17.9 Å². The Kier molecular flexibility index (Phi) is 12.1. The fourth-order valence-electron chi connectivity index (χ4n) is 4.08. The van der Waals surface area contributed by atoms with E-state index in [0.717, 1.165) is 23.9 Å². The Morgan fingerprint density at radius 1 is 0.696 bits per heavy atom. The summed E-state index contributed by atoms with van der Waals surface area (Å²) in [7, 11) is -10.1. The fourth-order valence-corrected chi connectivity index (χ4v) is 5.44. The normalized spacial score (nSPS) is 11.8. The van der Waals surface area contributed by atoms with E-state index in [1.807, 2.05) is 0 Å². The molecule has 0 heterocycles. The smallest absolute Gasteiger partial charge is 0.871 e. The molecule has 0 aromatic heterocycles. The zero-order chi connectivity index (χ0) is 31.6. The van der Waals surface area contributed by atoms with Crippen LogP contribution in [0.25, 0.3) is 10.8 Å². The summed E-state index contributed by atoms with van der Waals surface area (Å²) in [5.74, 6) is -0.748. The van der Waals surface area contributed by atoms with Gasteiger partial charge in [-0.05, 0) is 84.2 Å². The van der Waals surface area contributed by atoms with E-state index in [2.05, 4.69) is 25.8 Å². The molecular formula is C28H21N7Na2O7S2. The summed E-state index contributed by atoms with van der Waals surface area (Å²) in [6.07, 6.45) is 0. The van der Waals surface area contributed by atoms with Crippen LogP contribution in [0.2, 0.25) is 0 Å². The molecule has 46 heavy (non-hydrogen) atoms. The van der Waals surface area contributed by atoms with Gasteiger partial charge in [0.25, 0.3) is 10.1 Å². The van der Waals surface area contributed by atoms with Crippen molar-refractivity contribution in [3.05, 3.63) is 91.0 Å². The molecule has 18 heteroatoms. The Morgan fingerprint density at radius 2 is 1.26 bits per heavy atom. The Bertz CT molecular complexity index is 2180. The number of fused-ring (bicyclic) bond motifs is 1. The van der Waals surface area contributed by atoms with Gasteiger partial charge in [0.05, 0.1) is 27.6 Å². The molecule has 5 aromatic rings. The van der Waals surface area contributed by atoms with Gasteiger partial charge in [-0.2, -0.15) is 23.8 Å². The van der Waals surface area contributed by atoms with Crippen LogP contribution < -0.4 is 81.0 Å². The van der Waals surface area contributed by atoms with Gasteiger partial charge in [0, 0.05) is 22.4 Å². The van der Waals surface area contributed by atoms with E-state index in [1.165, 1.54) is 0 Å². The van der Waals surface area contributed by atoms with Gasteiger partial charge in [-0.3, -0.25) is 4.55 Å². The van der Waals surface area contributed by atoms with E-state index < -0.39 is 41.5 Å². The van der Waals surface area contributed by atoms with E-state index in [-0.39, 0.29) is 75.6 Å². The summed E-state index contributed by atoms with van der Waals surface area (Å²) in [4.78, 5) is -1.86. The van der Waals surface area contributed by atoms with E-state index in [4.69, 9.17) is 11.5 Å². The molecule has 0 fully saturated rings. The summed E-state index contributed by atoms with van der Waals surface area (Å²) in [6, 6.07) is 22.0. The zero-order valence-corrected chi connectivity index (χ0v) is 30.0. The molecule has 0 saturated carbocycles. The molecule has 5 rings (SSSR count). The van der Waals surface area contributed by atoms with E-state index >= 15 is 0 Å². The maximum absolute atomic E-state index is 12.6. The number of hydrogen-bond acceptors (Lipinski definition) is 13. The van der Waals surface area contributed by atoms with Gasteiger partial charge in [0.2, 0.25) is 0 Å². The minimum Gasteiger partial charge on any atom is -0.871 e. The summed E-state index contributed by atoms with van der Waals surface area (Å²) in [5.41, 5.74) is 14.9. The van der Waals surface area contributed by atoms with Crippen LogP contribution in [0, 0.1) is 0 Å². The van der Waals surface area contributed by atoms with Crippen LogP contribution in [-0.2, 0) is 20.2 Å². The first-order valence-electron chi connectivity index (χ1n) is 12.4. The fraction of sp³-hybridized carbons (Fsp3) is 0. The average Bonchev–Trinajstić information content (AvgIpc) is 2.96. The molecule has 0 aliphatic rings. The number of hydrogen-bond donors (Lipinski definition) is 4. The third-order valence-electron chi connectivity index (χ3n) is 6.17. The number of nitrogens with two attached hydrogens (primary N) is 2. The minimum absolute atomic E-state index is 0. The Balaban J connectivity index is 0.00000288. The molecule has 0 aliphatic heterocycles. The maximum Gasteiger partial charge on any atom is 1.00 e. The first kappa shape index (κ1) is 37.0. The molecular weight excluding hydrogens is 656 g/mol. The van der Waals surface area contributed by atoms with Crippen molar-refractivity contribution in [1.82, 2.24) is 0 Å². The van der Waals surface area contributed by atoms with E-state index in [1.54, 1.807) is 66.7 Å². The minimum atomic E-state index is -5.08. The van der Waals surface area contributed by atoms with Crippen LogP contribution >= 0.6 is 0 Å². The third-order valence-corrected chi connectivity index (χ3v) is 7.86. The molecule has 0 bridgehead atoms. The van der Waals surface area contributed by atoms with Crippen molar-refractivity contribution in [2.75, 3.05) is 16.8 Å². The summed E-state index contributed by atoms with van der Waals surface area (Å²) in [5, 5.41) is 31.5. The summed E-state index contributed by atoms with van der Waals surface area (Å²) >= 11 is 0. The Morgan fingerprint density at radius 3 is 1.78 bits per heavy atom. The summed E-state index contributed by atoms with van der Waals surface area (Å²) < 4.78 is 68.3. The average molecular weight is 678 g/mol. The number of nitrogens with one attached hydrogen (secondary N) is 1. The third kappa shape index (κ3) is 8.89. The van der Waals surface area contributed by atoms with Crippen molar-refractivity contribution in [2.24, 2.45) is 20.5 Å². The molecule has 0 radical (unpaired) electrons. The van der Waals surface area contributed by atoms with Crippen molar-refractivity contribution >= 4 is 76.5 Å². The largest absolute Gasteiger partial charge is 1.00 e. The van der Waals surface area contributed by atoms with Gasteiger partial charge in [0.1, 0.15) is 20.7 Å². The molecule has 0 unspecified atom stereocenters. The molecule has 5 aromatic carbocycles. The van der Waals surface area contributed by atoms with Gasteiger partial charge in [-0.25, -0.2) is 8.42 Å². The predicted octanol–water partition coefficient (Wildman–Crippen LogP) is -0.189. The molecule has 0 atom stereocenters. The van der Waals surface area contributed by atoms with Crippen molar-refractivity contribution < 1.29 is 90.2 Å². The molecule has 0 amide bonds. The van der Waals surface area contributed by atoms with Gasteiger partial charge < -0.3 is 26.4 Å². The number of anilines is 4. The second-order valence-corrected chi connectivity index (χ2v) is 12.1. The first-order chi connectivity index (χ1) is 20.8. The van der Waals surface area contributed by atoms with Crippen molar-refractivity contribution in [2.45, 2.75) is 9.79 Å². The first-order valence-corrected chi connectivity index (χ1v) is 15.3. The van der Waals surface area contributed by atoms with Crippen LogP contribution in [-0.4, -0.2) is 25.9 Å². The van der Waals surface area contributed by atoms with Gasteiger partial charge in [0.15, 0.2) is 0 Å². The monoisotopic (exact) mass is 677 g/mol. The van der Waals surface area contributed by atoms with Crippen LogP contribution in [0.5, 0.6) is 5.75 Å². The molecule has 14 nitrogen and oxygen atoms in total. The van der Waals surface area contributed by atoms with Gasteiger partial charge in [-0.15, -0.1) is 5.11 Å². The van der Waals surface area contributed by atoms with Crippen molar-refractivity contribution in [3.8, 4) is 5.75 Å². The summed E-state index contributed by atoms with van der Waals surface area (Å²) in [6.45, 7) is 0.